The van der Waals surface area contributed by atoms with Gasteiger partial charge in [0.05, 0.1) is 0 Å². The van der Waals surface area contributed by atoms with Crippen molar-refractivity contribution < 1.29 is 14.3 Å². The van der Waals surface area contributed by atoms with Crippen molar-refractivity contribution in [3.63, 3.8) is 0 Å². The Kier molecular flexibility index (Phi) is 7.95. The molecule has 5 nitrogen and oxygen atoms in total. The summed E-state index contributed by atoms with van der Waals surface area (Å²) in [6.45, 7) is 9.58. The minimum atomic E-state index is -0.360. The van der Waals surface area contributed by atoms with Crippen molar-refractivity contribution in [3.8, 4) is 5.75 Å². The molecule has 0 aliphatic rings. The first-order valence-corrected chi connectivity index (χ1v) is 8.96. The molecule has 1 aromatic carbocycles. The van der Waals surface area contributed by atoms with Crippen molar-refractivity contribution >= 4 is 28.8 Å². The summed E-state index contributed by atoms with van der Waals surface area (Å²) >= 11 is 1.09. The molecule has 0 fully saturated rings. The lowest BCUT2D eigenvalue weighted by atomic mass is 10.1. The van der Waals surface area contributed by atoms with Crippen LogP contribution in [0.25, 0.3) is 0 Å². The van der Waals surface area contributed by atoms with Crippen molar-refractivity contribution in [3.05, 3.63) is 24.3 Å². The van der Waals surface area contributed by atoms with Gasteiger partial charge in [-0.15, -0.1) is 0 Å². The normalized spacial score (nSPS) is 10.7. The topological polar surface area (TPSA) is 58.6 Å². The zero-order chi connectivity index (χ0) is 17.4. The molecule has 0 radical (unpaired) electrons. The zero-order valence-electron chi connectivity index (χ0n) is 14.5. The highest BCUT2D eigenvalue weighted by Crippen LogP contribution is 2.19. The van der Waals surface area contributed by atoms with Gasteiger partial charge in [-0.05, 0) is 30.2 Å². The largest absolute Gasteiger partial charge is 0.415 e. The molecule has 0 spiro atoms. The lowest BCUT2D eigenvalue weighted by molar-refractivity contribution is 0.140. The van der Waals surface area contributed by atoms with Crippen LogP contribution in [0.3, 0.4) is 0 Å². The second-order valence-electron chi connectivity index (χ2n) is 6.21. The molecule has 0 saturated carbocycles. The van der Waals surface area contributed by atoms with Crippen molar-refractivity contribution in [1.29, 1.82) is 0 Å². The summed E-state index contributed by atoms with van der Waals surface area (Å²) in [5.74, 6) is 1.16. The van der Waals surface area contributed by atoms with E-state index in [0.29, 0.717) is 36.4 Å². The van der Waals surface area contributed by atoms with E-state index in [2.05, 4.69) is 33.0 Å². The fourth-order valence-electron chi connectivity index (χ4n) is 2.08. The third-order valence-corrected chi connectivity index (χ3v) is 3.37. The molecular weight excluding hydrogens is 312 g/mol. The first-order chi connectivity index (χ1) is 10.8. The van der Waals surface area contributed by atoms with Crippen molar-refractivity contribution in [2.45, 2.75) is 27.7 Å². The van der Waals surface area contributed by atoms with Crippen LogP contribution in [0, 0.1) is 11.8 Å². The molecule has 1 N–H and O–H groups in total. The number of nitrogens with zero attached hydrogens (tertiary/aromatic N) is 1. The van der Waals surface area contributed by atoms with Crippen LogP contribution in [0.5, 0.6) is 5.75 Å². The molecule has 23 heavy (non-hydrogen) atoms. The van der Waals surface area contributed by atoms with E-state index in [1.54, 1.807) is 35.4 Å². The Morgan fingerprint density at radius 3 is 2.30 bits per heavy atom. The highest BCUT2D eigenvalue weighted by atomic mass is 32.2. The van der Waals surface area contributed by atoms with Gasteiger partial charge in [0.2, 0.25) is 0 Å². The first kappa shape index (κ1) is 19.4. The van der Waals surface area contributed by atoms with E-state index in [1.165, 1.54) is 0 Å². The molecule has 1 rings (SSSR count). The Bertz CT molecular complexity index is 522. The summed E-state index contributed by atoms with van der Waals surface area (Å²) in [5.41, 5.74) is 0.605. The van der Waals surface area contributed by atoms with Gasteiger partial charge in [-0.2, -0.15) is 0 Å². The monoisotopic (exact) mass is 338 g/mol. The highest BCUT2D eigenvalue weighted by molar-refractivity contribution is 8.13. The number of rotatable bonds is 6. The number of amides is 2. The van der Waals surface area contributed by atoms with E-state index in [1.807, 2.05) is 0 Å². The van der Waals surface area contributed by atoms with E-state index in [9.17, 15) is 9.59 Å². The van der Waals surface area contributed by atoms with Gasteiger partial charge in [0.1, 0.15) is 5.75 Å². The van der Waals surface area contributed by atoms with Gasteiger partial charge in [0.25, 0.3) is 5.24 Å². The van der Waals surface area contributed by atoms with E-state index >= 15 is 0 Å². The zero-order valence-corrected chi connectivity index (χ0v) is 15.3. The number of nitrogens with one attached hydrogen (secondary N) is 1. The van der Waals surface area contributed by atoms with Crippen LogP contribution in [-0.2, 0) is 0 Å². The average molecular weight is 338 g/mol. The maximum absolute atomic E-state index is 12.4. The van der Waals surface area contributed by atoms with Gasteiger partial charge in [-0.3, -0.25) is 4.79 Å². The third-order valence-electron chi connectivity index (χ3n) is 2.90. The minimum absolute atomic E-state index is 0.158. The lowest BCUT2D eigenvalue weighted by Gasteiger charge is -2.25. The summed E-state index contributed by atoms with van der Waals surface area (Å²) in [6.07, 6.45) is 1.34. The fourth-order valence-corrected chi connectivity index (χ4v) is 2.30. The van der Waals surface area contributed by atoms with Gasteiger partial charge < -0.3 is 15.0 Å². The van der Waals surface area contributed by atoms with Gasteiger partial charge in [-0.25, -0.2) is 4.79 Å². The summed E-state index contributed by atoms with van der Waals surface area (Å²) in [7, 11) is 0. The molecule has 0 heterocycles. The smallest absolute Gasteiger partial charge is 0.410 e. The first-order valence-electron chi connectivity index (χ1n) is 7.73. The summed E-state index contributed by atoms with van der Waals surface area (Å²) in [5, 5.41) is 2.56. The Hall–Kier alpha value is -1.69. The average Bonchev–Trinajstić information content (AvgIpc) is 2.45. The summed E-state index contributed by atoms with van der Waals surface area (Å²) in [6, 6.07) is 6.85. The van der Waals surface area contributed by atoms with Crippen LogP contribution in [-0.4, -0.2) is 35.6 Å². The number of thioether (sulfide) groups is 1. The predicted octanol–water partition coefficient (Wildman–Crippen LogP) is 4.69. The van der Waals surface area contributed by atoms with Gasteiger partial charge in [-0.1, -0.05) is 45.5 Å². The molecule has 0 aliphatic heterocycles. The Morgan fingerprint density at radius 2 is 1.78 bits per heavy atom. The number of carbonyl (C=O) groups excluding carboxylic acids is 2. The molecule has 0 aliphatic carbocycles. The summed E-state index contributed by atoms with van der Waals surface area (Å²) < 4.78 is 5.46. The Labute approximate surface area is 142 Å². The van der Waals surface area contributed by atoms with Crippen LogP contribution in [0.4, 0.5) is 15.3 Å². The van der Waals surface area contributed by atoms with Crippen LogP contribution in [0.2, 0.25) is 0 Å². The molecular formula is C17H26N2O3S. The molecule has 0 saturated heterocycles. The van der Waals surface area contributed by atoms with Crippen LogP contribution < -0.4 is 10.1 Å². The molecule has 1 aromatic rings. The summed E-state index contributed by atoms with van der Waals surface area (Å²) in [4.78, 5) is 25.5. The molecule has 2 amide bonds. The van der Waals surface area contributed by atoms with E-state index < -0.39 is 0 Å². The number of ether oxygens (including phenoxy) is 1. The number of anilines is 1. The number of carbonyl (C=O) groups is 2. The van der Waals surface area contributed by atoms with E-state index in [-0.39, 0.29) is 11.3 Å². The molecule has 6 heteroatoms. The van der Waals surface area contributed by atoms with Crippen molar-refractivity contribution in [1.82, 2.24) is 4.90 Å². The molecule has 0 atom stereocenters. The van der Waals surface area contributed by atoms with Crippen LogP contribution in [0.1, 0.15) is 27.7 Å². The Morgan fingerprint density at radius 1 is 1.17 bits per heavy atom. The molecule has 0 unspecified atom stereocenters. The van der Waals surface area contributed by atoms with Crippen molar-refractivity contribution in [2.24, 2.45) is 11.8 Å². The van der Waals surface area contributed by atoms with E-state index in [0.717, 1.165) is 11.8 Å². The maximum Gasteiger partial charge on any atom is 0.415 e. The van der Waals surface area contributed by atoms with E-state index in [4.69, 9.17) is 4.74 Å². The highest BCUT2D eigenvalue weighted by Gasteiger charge is 2.18. The van der Waals surface area contributed by atoms with Gasteiger partial charge in [0, 0.05) is 24.8 Å². The molecule has 0 bridgehead atoms. The second-order valence-corrected chi connectivity index (χ2v) is 6.98. The lowest BCUT2D eigenvalue weighted by Crippen LogP contribution is -2.38. The minimum Gasteiger partial charge on any atom is -0.410 e. The van der Waals surface area contributed by atoms with Gasteiger partial charge in [0.15, 0.2) is 0 Å². The quantitative estimate of drug-likeness (QED) is 0.817. The maximum atomic E-state index is 12.4. The number of hydrogen-bond acceptors (Lipinski definition) is 4. The standard InChI is InChI=1S/C17H26N2O3S/c1-12(2)10-19(11-13(3)4)17(21)22-15-8-6-7-14(9-15)18-16(20)23-5/h6-9,12-13H,10-11H2,1-5H3,(H,18,20). The predicted molar refractivity (Wildman–Crippen MR) is 96.2 cm³/mol. The fraction of sp³-hybridized carbons (Fsp3) is 0.529. The third kappa shape index (κ3) is 7.41. The Balaban J connectivity index is 2.77. The second kappa shape index (κ2) is 9.45. The van der Waals surface area contributed by atoms with Crippen molar-refractivity contribution in [2.75, 3.05) is 24.7 Å². The molecule has 128 valence electrons. The number of benzene rings is 1. The van der Waals surface area contributed by atoms with Gasteiger partial charge >= 0.3 is 6.09 Å². The van der Waals surface area contributed by atoms with Crippen LogP contribution >= 0.6 is 11.8 Å². The SMILES string of the molecule is CSC(=O)Nc1cccc(OC(=O)N(CC(C)C)CC(C)C)c1. The molecule has 0 aromatic heterocycles. The number of hydrogen-bond donors (Lipinski definition) is 1. The van der Waals surface area contributed by atoms with Crippen LogP contribution in [0.15, 0.2) is 24.3 Å².